The summed E-state index contributed by atoms with van der Waals surface area (Å²) in [6.45, 7) is 1.86. The second-order valence-corrected chi connectivity index (χ2v) is 9.74. The van der Waals surface area contributed by atoms with Gasteiger partial charge in [0.05, 0.1) is 0 Å². The van der Waals surface area contributed by atoms with Gasteiger partial charge in [0.1, 0.15) is 16.1 Å². The van der Waals surface area contributed by atoms with Crippen LogP contribution < -0.4 is 10.0 Å². The van der Waals surface area contributed by atoms with Gasteiger partial charge in [0.15, 0.2) is 0 Å². The number of halogens is 1. The number of carbonyl (C=O) groups is 1. The summed E-state index contributed by atoms with van der Waals surface area (Å²) in [4.78, 5) is 12.9. The summed E-state index contributed by atoms with van der Waals surface area (Å²) >= 11 is 1.22. The van der Waals surface area contributed by atoms with Crippen molar-refractivity contribution >= 4 is 33.1 Å². The fourth-order valence-electron chi connectivity index (χ4n) is 3.02. The van der Waals surface area contributed by atoms with Crippen LogP contribution in [0.3, 0.4) is 0 Å². The largest absolute Gasteiger partial charge is 0.446 e. The molecule has 1 amide bonds. The number of aryl methyl sites for hydroxylation is 1. The monoisotopic (exact) mass is 412 g/mol. The predicted molar refractivity (Wildman–Crippen MR) is 102 cm³/mol. The van der Waals surface area contributed by atoms with Crippen molar-refractivity contribution in [1.82, 2.24) is 4.72 Å². The van der Waals surface area contributed by atoms with Crippen molar-refractivity contribution in [3.63, 3.8) is 0 Å². The van der Waals surface area contributed by atoms with E-state index in [1.165, 1.54) is 35.6 Å². The van der Waals surface area contributed by atoms with Gasteiger partial charge in [-0.1, -0.05) is 0 Å². The highest BCUT2D eigenvalue weighted by Gasteiger charge is 2.29. The van der Waals surface area contributed by atoms with Crippen molar-refractivity contribution in [3.05, 3.63) is 47.1 Å². The fraction of sp³-hybridized carbons (Fsp3) is 0.389. The third-order valence-electron chi connectivity index (χ3n) is 4.29. The van der Waals surface area contributed by atoms with E-state index in [0.29, 0.717) is 24.9 Å². The van der Waals surface area contributed by atoms with E-state index in [4.69, 9.17) is 4.74 Å². The molecule has 0 unspecified atom stereocenters. The van der Waals surface area contributed by atoms with E-state index in [2.05, 4.69) is 10.0 Å². The van der Waals surface area contributed by atoms with Gasteiger partial charge < -0.3 is 4.74 Å². The first-order valence-corrected chi connectivity index (χ1v) is 10.9. The Morgan fingerprint density at radius 2 is 1.93 bits per heavy atom. The molecular weight excluding hydrogens is 391 g/mol. The molecule has 1 aliphatic carbocycles. The van der Waals surface area contributed by atoms with Gasteiger partial charge in [-0.25, -0.2) is 22.3 Å². The van der Waals surface area contributed by atoms with Crippen LogP contribution in [0.2, 0.25) is 0 Å². The summed E-state index contributed by atoms with van der Waals surface area (Å²) in [5, 5.41) is 2.54. The summed E-state index contributed by atoms with van der Waals surface area (Å²) in [5.74, 6) is -0.391. The number of carbonyl (C=O) groups excluding carboxylic acids is 1. The number of hydrogen-bond donors (Lipinski definition) is 2. The number of hydrogen-bond acceptors (Lipinski definition) is 5. The van der Waals surface area contributed by atoms with Gasteiger partial charge in [-0.15, -0.1) is 11.3 Å². The Morgan fingerprint density at radius 1 is 1.19 bits per heavy atom. The summed E-state index contributed by atoms with van der Waals surface area (Å²) in [5.41, 5.74) is 0.433. The molecule has 0 bridgehead atoms. The fourth-order valence-corrected chi connectivity index (χ4v) is 5.61. The van der Waals surface area contributed by atoms with Gasteiger partial charge in [0.2, 0.25) is 10.0 Å². The molecule has 0 spiro atoms. The Balaban J connectivity index is 1.54. The molecular formula is C18H21FN2O4S2. The average Bonchev–Trinajstić information content (AvgIpc) is 3.04. The highest BCUT2D eigenvalue weighted by molar-refractivity contribution is 7.91. The summed E-state index contributed by atoms with van der Waals surface area (Å²) < 4.78 is 46.2. The van der Waals surface area contributed by atoms with Gasteiger partial charge in [-0.3, -0.25) is 5.32 Å². The summed E-state index contributed by atoms with van der Waals surface area (Å²) in [6.07, 6.45) is 1.53. The van der Waals surface area contributed by atoms with Gasteiger partial charge >= 0.3 is 6.09 Å². The molecule has 9 heteroatoms. The number of amides is 1. The van der Waals surface area contributed by atoms with Crippen molar-refractivity contribution < 1.29 is 22.3 Å². The van der Waals surface area contributed by atoms with Gasteiger partial charge in [-0.2, -0.15) is 0 Å². The maximum atomic E-state index is 12.9. The lowest BCUT2D eigenvalue weighted by Crippen LogP contribution is -2.41. The molecule has 1 aromatic heterocycles. The Bertz CT molecular complexity index is 896. The molecule has 0 radical (unpaired) electrons. The zero-order valence-corrected chi connectivity index (χ0v) is 16.4. The van der Waals surface area contributed by atoms with Crippen LogP contribution in [0.15, 0.2) is 40.6 Å². The van der Waals surface area contributed by atoms with Crippen molar-refractivity contribution in [3.8, 4) is 0 Å². The smallest absolute Gasteiger partial charge is 0.411 e. The molecule has 2 N–H and O–H groups in total. The van der Waals surface area contributed by atoms with Crippen LogP contribution in [-0.2, 0) is 14.8 Å². The highest BCUT2D eigenvalue weighted by Crippen LogP contribution is 2.25. The number of rotatable bonds is 5. The zero-order chi connectivity index (χ0) is 19.4. The van der Waals surface area contributed by atoms with Gasteiger partial charge in [0.25, 0.3) is 0 Å². The molecule has 146 valence electrons. The van der Waals surface area contributed by atoms with E-state index in [-0.39, 0.29) is 16.4 Å². The number of sulfonamides is 1. The lowest BCUT2D eigenvalue weighted by Gasteiger charge is -2.29. The van der Waals surface area contributed by atoms with E-state index in [9.17, 15) is 17.6 Å². The molecule has 0 saturated heterocycles. The maximum absolute atomic E-state index is 12.9. The van der Waals surface area contributed by atoms with Crippen LogP contribution in [0.5, 0.6) is 0 Å². The van der Waals surface area contributed by atoms with E-state index >= 15 is 0 Å². The Kier molecular flexibility index (Phi) is 6.13. The molecule has 6 nitrogen and oxygen atoms in total. The highest BCUT2D eigenvalue weighted by atomic mass is 32.2. The topological polar surface area (TPSA) is 84.5 Å². The normalized spacial score (nSPS) is 20.2. The Hall–Kier alpha value is -1.97. The van der Waals surface area contributed by atoms with E-state index in [1.807, 2.05) is 6.92 Å². The standard InChI is InChI=1S/C18H21FN2O4S2/c1-12-5-10-17(26-12)27(23,24)21-15-3-2-4-16(11-15)25-18(22)20-14-8-6-13(19)7-9-14/h5-10,15-16,21H,2-4,11H2,1H3,(H,20,22)/t15-,16-/m1/s1. The number of thiophene rings is 1. The summed E-state index contributed by atoms with van der Waals surface area (Å²) in [6, 6.07) is 8.45. The quantitative estimate of drug-likeness (QED) is 0.776. The molecule has 2 aromatic rings. The molecule has 1 saturated carbocycles. The van der Waals surface area contributed by atoms with Crippen molar-refractivity contribution in [2.75, 3.05) is 5.32 Å². The first kappa shape index (κ1) is 19.8. The number of ether oxygens (including phenoxy) is 1. The van der Waals surface area contributed by atoms with Crippen molar-refractivity contribution in [2.24, 2.45) is 0 Å². The SMILES string of the molecule is Cc1ccc(S(=O)(=O)N[C@@H]2CCC[C@@H](OC(=O)Nc3ccc(F)cc3)C2)s1. The van der Waals surface area contributed by atoms with E-state index in [0.717, 1.165) is 11.3 Å². The van der Waals surface area contributed by atoms with Crippen LogP contribution in [0.1, 0.15) is 30.6 Å². The third-order valence-corrected chi connectivity index (χ3v) is 7.31. The van der Waals surface area contributed by atoms with Crippen molar-refractivity contribution in [2.45, 2.75) is 49.0 Å². The Labute approximate surface area is 161 Å². The maximum Gasteiger partial charge on any atom is 0.411 e. The lowest BCUT2D eigenvalue weighted by atomic mass is 9.94. The minimum atomic E-state index is -3.57. The number of benzene rings is 1. The molecule has 27 heavy (non-hydrogen) atoms. The minimum Gasteiger partial charge on any atom is -0.446 e. The van der Waals surface area contributed by atoms with Gasteiger partial charge in [-0.05, 0) is 62.6 Å². The lowest BCUT2D eigenvalue weighted by molar-refractivity contribution is 0.0793. The Morgan fingerprint density at radius 3 is 2.59 bits per heavy atom. The van der Waals surface area contributed by atoms with Crippen LogP contribution in [0, 0.1) is 12.7 Å². The van der Waals surface area contributed by atoms with Crippen LogP contribution in [0.4, 0.5) is 14.9 Å². The third kappa shape index (κ3) is 5.50. The van der Waals surface area contributed by atoms with Crippen molar-refractivity contribution in [1.29, 1.82) is 0 Å². The molecule has 1 aromatic carbocycles. The summed E-state index contributed by atoms with van der Waals surface area (Å²) in [7, 11) is -3.57. The second-order valence-electron chi connectivity index (χ2n) is 6.51. The predicted octanol–water partition coefficient (Wildman–Crippen LogP) is 4.03. The number of anilines is 1. The molecule has 0 aliphatic heterocycles. The first-order valence-electron chi connectivity index (χ1n) is 8.64. The average molecular weight is 413 g/mol. The van der Waals surface area contributed by atoms with E-state index < -0.39 is 21.9 Å². The second kappa shape index (κ2) is 8.37. The van der Waals surface area contributed by atoms with Crippen LogP contribution >= 0.6 is 11.3 Å². The molecule has 2 atom stereocenters. The zero-order valence-electron chi connectivity index (χ0n) is 14.8. The first-order chi connectivity index (χ1) is 12.8. The molecule has 3 rings (SSSR count). The van der Waals surface area contributed by atoms with Gasteiger partial charge in [0, 0.05) is 23.0 Å². The minimum absolute atomic E-state index is 0.283. The molecule has 1 fully saturated rings. The molecule has 1 aliphatic rings. The van der Waals surface area contributed by atoms with Crippen LogP contribution in [0.25, 0.3) is 0 Å². The van der Waals surface area contributed by atoms with E-state index in [1.54, 1.807) is 12.1 Å². The molecule has 1 heterocycles. The van der Waals surface area contributed by atoms with Crippen LogP contribution in [-0.4, -0.2) is 26.7 Å². The number of nitrogens with one attached hydrogen (secondary N) is 2.